The molecule has 2 aliphatic heterocycles. The van der Waals surface area contributed by atoms with Gasteiger partial charge in [0.15, 0.2) is 0 Å². The minimum Gasteiger partial charge on any atom is -0.303 e. The van der Waals surface area contributed by atoms with E-state index in [0.29, 0.717) is 29.3 Å². The Morgan fingerprint density at radius 3 is 2.23 bits per heavy atom. The van der Waals surface area contributed by atoms with Gasteiger partial charge in [-0.3, -0.25) is 9.36 Å². The van der Waals surface area contributed by atoms with Crippen molar-refractivity contribution in [1.82, 2.24) is 14.5 Å². The lowest BCUT2D eigenvalue weighted by Gasteiger charge is -2.35. The molecule has 144 valence electrons. The Morgan fingerprint density at radius 2 is 1.62 bits per heavy atom. The molecule has 1 aromatic rings. The van der Waals surface area contributed by atoms with Gasteiger partial charge in [-0.05, 0) is 63.5 Å². The number of hydrogen-bond acceptors (Lipinski definition) is 5. The molecule has 1 aromatic heterocycles. The zero-order valence-corrected chi connectivity index (χ0v) is 16.2. The maximum Gasteiger partial charge on any atom is 0.253 e. The van der Waals surface area contributed by atoms with Gasteiger partial charge in [0.1, 0.15) is 9.84 Å². The second-order valence-corrected chi connectivity index (χ2v) is 10.7. The van der Waals surface area contributed by atoms with Crippen LogP contribution in [0, 0.1) is 11.8 Å². The Kier molecular flexibility index (Phi) is 5.19. The van der Waals surface area contributed by atoms with E-state index in [2.05, 4.69) is 9.88 Å². The molecule has 0 amide bonds. The molecule has 6 nitrogen and oxygen atoms in total. The van der Waals surface area contributed by atoms with Crippen LogP contribution in [0.4, 0.5) is 0 Å². The van der Waals surface area contributed by atoms with E-state index in [4.69, 9.17) is 0 Å². The van der Waals surface area contributed by atoms with Crippen LogP contribution in [0.25, 0.3) is 0 Å². The maximum absolute atomic E-state index is 12.3. The van der Waals surface area contributed by atoms with Crippen molar-refractivity contribution in [2.45, 2.75) is 51.0 Å². The number of piperidine rings is 1. The molecule has 0 N–H and O–H groups in total. The fourth-order valence-corrected chi connectivity index (χ4v) is 5.88. The summed E-state index contributed by atoms with van der Waals surface area (Å²) in [5.41, 5.74) is 1.06. The Bertz CT molecular complexity index is 778. The first-order valence-electron chi connectivity index (χ1n) is 9.98. The van der Waals surface area contributed by atoms with Crippen molar-refractivity contribution >= 4 is 9.84 Å². The van der Waals surface area contributed by atoms with Crippen molar-refractivity contribution in [2.75, 3.05) is 31.1 Å². The molecule has 26 heavy (non-hydrogen) atoms. The lowest BCUT2D eigenvalue weighted by Crippen LogP contribution is -2.40. The lowest BCUT2D eigenvalue weighted by molar-refractivity contribution is 0.148. The third kappa shape index (κ3) is 4.55. The molecule has 0 atom stereocenters. The lowest BCUT2D eigenvalue weighted by atomic mass is 9.94. The summed E-state index contributed by atoms with van der Waals surface area (Å²) in [6.45, 7) is 3.90. The molecule has 3 heterocycles. The summed E-state index contributed by atoms with van der Waals surface area (Å²) in [5.74, 6) is 2.30. The van der Waals surface area contributed by atoms with E-state index in [-0.39, 0.29) is 5.56 Å². The van der Waals surface area contributed by atoms with Crippen molar-refractivity contribution < 1.29 is 8.42 Å². The SMILES string of the molecule is O=c1cc(C2CC2)ncn1CC1CCN(CC2CCS(=O)(=O)CC2)CC1. The van der Waals surface area contributed by atoms with Crippen molar-refractivity contribution in [3.05, 3.63) is 28.4 Å². The highest BCUT2D eigenvalue weighted by Gasteiger charge is 2.28. The Hall–Kier alpha value is -1.21. The van der Waals surface area contributed by atoms with Crippen molar-refractivity contribution in [3.8, 4) is 0 Å². The summed E-state index contributed by atoms with van der Waals surface area (Å²) >= 11 is 0. The zero-order chi connectivity index (χ0) is 18.1. The van der Waals surface area contributed by atoms with Gasteiger partial charge in [0.05, 0.1) is 23.5 Å². The van der Waals surface area contributed by atoms with Crippen LogP contribution in [-0.4, -0.2) is 54.0 Å². The summed E-state index contributed by atoms with van der Waals surface area (Å²) in [7, 11) is -2.77. The molecule has 2 saturated heterocycles. The number of nitrogens with zero attached hydrogens (tertiary/aromatic N) is 3. The Labute approximate surface area is 155 Å². The highest BCUT2D eigenvalue weighted by atomic mass is 32.2. The second-order valence-electron chi connectivity index (χ2n) is 8.42. The predicted molar refractivity (Wildman–Crippen MR) is 101 cm³/mol. The van der Waals surface area contributed by atoms with E-state index in [1.165, 1.54) is 12.8 Å². The first kappa shape index (κ1) is 18.2. The molecule has 0 bridgehead atoms. The van der Waals surface area contributed by atoms with Gasteiger partial charge < -0.3 is 4.90 Å². The number of aromatic nitrogens is 2. The average Bonchev–Trinajstić information content (AvgIpc) is 3.45. The van der Waals surface area contributed by atoms with Gasteiger partial charge in [-0.15, -0.1) is 0 Å². The number of hydrogen-bond donors (Lipinski definition) is 0. The van der Waals surface area contributed by atoms with E-state index in [0.717, 1.165) is 57.6 Å². The van der Waals surface area contributed by atoms with Crippen LogP contribution in [0.15, 0.2) is 17.2 Å². The van der Waals surface area contributed by atoms with Crippen LogP contribution in [0.5, 0.6) is 0 Å². The third-order valence-corrected chi connectivity index (χ3v) is 7.96. The molecular weight excluding hydrogens is 350 g/mol. The molecule has 4 rings (SSSR count). The molecule has 0 radical (unpaired) electrons. The zero-order valence-electron chi connectivity index (χ0n) is 15.3. The highest BCUT2D eigenvalue weighted by molar-refractivity contribution is 7.91. The fraction of sp³-hybridized carbons (Fsp3) is 0.789. The van der Waals surface area contributed by atoms with Crippen LogP contribution in [0.3, 0.4) is 0 Å². The number of likely N-dealkylation sites (tertiary alicyclic amines) is 1. The van der Waals surface area contributed by atoms with E-state index in [1.54, 1.807) is 17.0 Å². The van der Waals surface area contributed by atoms with Gasteiger partial charge in [-0.1, -0.05) is 0 Å². The largest absolute Gasteiger partial charge is 0.303 e. The van der Waals surface area contributed by atoms with Gasteiger partial charge in [-0.2, -0.15) is 0 Å². The van der Waals surface area contributed by atoms with Crippen molar-refractivity contribution in [2.24, 2.45) is 11.8 Å². The monoisotopic (exact) mass is 379 g/mol. The standard InChI is InChI=1S/C19H29N3O3S/c23-19-11-18(17-1-2-17)20-14-22(19)13-15-3-7-21(8-4-15)12-16-5-9-26(24,25)10-6-16/h11,14-17H,1-10,12-13H2. The maximum atomic E-state index is 12.3. The smallest absolute Gasteiger partial charge is 0.253 e. The normalized spacial score (nSPS) is 25.4. The van der Waals surface area contributed by atoms with Crippen molar-refractivity contribution in [1.29, 1.82) is 0 Å². The average molecular weight is 380 g/mol. The second kappa shape index (κ2) is 7.43. The van der Waals surface area contributed by atoms with Crippen LogP contribution >= 0.6 is 0 Å². The van der Waals surface area contributed by atoms with E-state index < -0.39 is 9.84 Å². The van der Waals surface area contributed by atoms with Crippen molar-refractivity contribution in [3.63, 3.8) is 0 Å². The molecule has 3 aliphatic rings. The molecule has 0 spiro atoms. The van der Waals surface area contributed by atoms with E-state index in [9.17, 15) is 13.2 Å². The molecule has 1 aliphatic carbocycles. The quantitative estimate of drug-likeness (QED) is 0.778. The Morgan fingerprint density at radius 1 is 0.962 bits per heavy atom. The molecule has 3 fully saturated rings. The van der Waals surface area contributed by atoms with Gasteiger partial charge >= 0.3 is 0 Å². The molecule has 7 heteroatoms. The molecule has 1 saturated carbocycles. The topological polar surface area (TPSA) is 72.3 Å². The van der Waals surface area contributed by atoms with E-state index in [1.807, 2.05) is 0 Å². The van der Waals surface area contributed by atoms with Crippen LogP contribution in [-0.2, 0) is 16.4 Å². The summed E-state index contributed by atoms with van der Waals surface area (Å²) in [6.07, 6.45) is 7.91. The third-order valence-electron chi connectivity index (χ3n) is 6.25. The first-order chi connectivity index (χ1) is 12.5. The number of rotatable bonds is 5. The summed E-state index contributed by atoms with van der Waals surface area (Å²) in [5, 5.41) is 0. The molecule has 0 unspecified atom stereocenters. The van der Waals surface area contributed by atoms with Crippen LogP contribution in [0.2, 0.25) is 0 Å². The minimum atomic E-state index is -2.77. The molecule has 0 aromatic carbocycles. The predicted octanol–water partition coefficient (Wildman–Crippen LogP) is 1.66. The van der Waals surface area contributed by atoms with Gasteiger partial charge in [0.2, 0.25) is 0 Å². The van der Waals surface area contributed by atoms with E-state index >= 15 is 0 Å². The highest BCUT2D eigenvalue weighted by Crippen LogP contribution is 2.38. The summed E-state index contributed by atoms with van der Waals surface area (Å²) < 4.78 is 24.9. The van der Waals surface area contributed by atoms with Gasteiger partial charge in [-0.25, -0.2) is 13.4 Å². The Balaban J connectivity index is 1.24. The van der Waals surface area contributed by atoms with Crippen LogP contribution < -0.4 is 5.56 Å². The first-order valence-corrected chi connectivity index (χ1v) is 11.8. The van der Waals surface area contributed by atoms with Crippen LogP contribution in [0.1, 0.15) is 50.1 Å². The fourth-order valence-electron chi connectivity index (χ4n) is 4.30. The van der Waals surface area contributed by atoms with Gasteiger partial charge in [0.25, 0.3) is 5.56 Å². The minimum absolute atomic E-state index is 0.0905. The summed E-state index contributed by atoms with van der Waals surface area (Å²) in [4.78, 5) is 19.2. The summed E-state index contributed by atoms with van der Waals surface area (Å²) in [6, 6.07) is 1.73. The van der Waals surface area contributed by atoms with Gasteiger partial charge in [0, 0.05) is 25.1 Å². The number of sulfone groups is 1. The molecular formula is C19H29N3O3S.